The second-order valence-corrected chi connectivity index (χ2v) is 5.08. The summed E-state index contributed by atoms with van der Waals surface area (Å²) in [7, 11) is 0. The largest absolute Gasteiger partial charge is 0.382 e. The molecular formula is C12H18ClN3O. The van der Waals surface area contributed by atoms with E-state index < -0.39 is 0 Å². The molecule has 0 radical (unpaired) electrons. The van der Waals surface area contributed by atoms with Crippen LogP contribution in [0.25, 0.3) is 0 Å². The minimum atomic E-state index is -0.222. The van der Waals surface area contributed by atoms with E-state index in [1.54, 1.807) is 6.20 Å². The van der Waals surface area contributed by atoms with Crippen molar-refractivity contribution in [2.75, 3.05) is 11.9 Å². The van der Waals surface area contributed by atoms with Crippen LogP contribution in [0.3, 0.4) is 0 Å². The van der Waals surface area contributed by atoms with E-state index in [-0.39, 0.29) is 10.6 Å². The van der Waals surface area contributed by atoms with E-state index in [1.165, 1.54) is 17.5 Å². The maximum absolute atomic E-state index is 11.8. The molecule has 0 bridgehead atoms. The van der Waals surface area contributed by atoms with Crippen molar-refractivity contribution in [3.63, 3.8) is 0 Å². The van der Waals surface area contributed by atoms with E-state index in [9.17, 15) is 4.79 Å². The highest BCUT2D eigenvalue weighted by Gasteiger charge is 2.40. The van der Waals surface area contributed by atoms with Crippen molar-refractivity contribution in [3.05, 3.63) is 21.6 Å². The lowest BCUT2D eigenvalue weighted by molar-refractivity contribution is 0.521. The summed E-state index contributed by atoms with van der Waals surface area (Å²) >= 11 is 6.03. The Kier molecular flexibility index (Phi) is 3.43. The SMILES string of the molecule is CCn1ncc(NCC2(CC)CC2)c(Cl)c1=O. The molecule has 1 aromatic heterocycles. The second kappa shape index (κ2) is 4.69. The summed E-state index contributed by atoms with van der Waals surface area (Å²) in [4.78, 5) is 11.8. The molecule has 0 saturated heterocycles. The smallest absolute Gasteiger partial charge is 0.287 e. The maximum Gasteiger partial charge on any atom is 0.287 e. The second-order valence-electron chi connectivity index (χ2n) is 4.70. The number of hydrogen-bond acceptors (Lipinski definition) is 3. The third kappa shape index (κ3) is 2.46. The molecule has 5 heteroatoms. The topological polar surface area (TPSA) is 46.9 Å². The number of hydrogen-bond donors (Lipinski definition) is 1. The van der Waals surface area contributed by atoms with E-state index in [4.69, 9.17) is 11.6 Å². The van der Waals surface area contributed by atoms with Gasteiger partial charge in [-0.3, -0.25) is 4.79 Å². The van der Waals surface area contributed by atoms with Gasteiger partial charge in [0.15, 0.2) is 0 Å². The maximum atomic E-state index is 11.8. The van der Waals surface area contributed by atoms with Gasteiger partial charge in [-0.1, -0.05) is 18.5 Å². The molecule has 94 valence electrons. The van der Waals surface area contributed by atoms with Gasteiger partial charge in [-0.25, -0.2) is 4.68 Å². The quantitative estimate of drug-likeness (QED) is 0.880. The summed E-state index contributed by atoms with van der Waals surface area (Å²) in [6.07, 6.45) is 5.32. The van der Waals surface area contributed by atoms with Crippen LogP contribution in [0.5, 0.6) is 0 Å². The molecule has 0 unspecified atom stereocenters. The third-order valence-electron chi connectivity index (χ3n) is 3.65. The van der Waals surface area contributed by atoms with Crippen molar-refractivity contribution in [2.24, 2.45) is 5.41 Å². The zero-order valence-electron chi connectivity index (χ0n) is 10.3. The van der Waals surface area contributed by atoms with Gasteiger partial charge >= 0.3 is 0 Å². The molecule has 1 aliphatic rings. The van der Waals surface area contributed by atoms with Crippen molar-refractivity contribution in [1.29, 1.82) is 0 Å². The predicted octanol–water partition coefficient (Wildman–Crippen LogP) is 2.52. The van der Waals surface area contributed by atoms with E-state index >= 15 is 0 Å². The zero-order valence-corrected chi connectivity index (χ0v) is 11.0. The summed E-state index contributed by atoms with van der Waals surface area (Å²) in [6.45, 7) is 5.48. The normalized spacial score (nSPS) is 16.9. The first-order chi connectivity index (χ1) is 8.12. The van der Waals surface area contributed by atoms with Gasteiger partial charge in [0.1, 0.15) is 5.02 Å². The summed E-state index contributed by atoms with van der Waals surface area (Å²) in [5.41, 5.74) is 0.852. The average molecular weight is 256 g/mol. The molecule has 0 amide bonds. The Morgan fingerprint density at radius 1 is 1.53 bits per heavy atom. The van der Waals surface area contributed by atoms with Gasteiger partial charge in [0, 0.05) is 13.1 Å². The third-order valence-corrected chi connectivity index (χ3v) is 4.01. The van der Waals surface area contributed by atoms with Crippen molar-refractivity contribution < 1.29 is 0 Å². The molecule has 0 aliphatic heterocycles. The Morgan fingerprint density at radius 2 is 2.24 bits per heavy atom. The van der Waals surface area contributed by atoms with Gasteiger partial charge in [0.2, 0.25) is 0 Å². The lowest BCUT2D eigenvalue weighted by Crippen LogP contribution is -2.24. The Hall–Kier alpha value is -1.03. The minimum absolute atomic E-state index is 0.222. The minimum Gasteiger partial charge on any atom is -0.382 e. The van der Waals surface area contributed by atoms with Crippen LogP contribution >= 0.6 is 11.6 Å². The van der Waals surface area contributed by atoms with Crippen LogP contribution in [0.1, 0.15) is 33.1 Å². The molecular weight excluding hydrogens is 238 g/mol. The molecule has 1 heterocycles. The molecule has 1 N–H and O–H groups in total. The fraction of sp³-hybridized carbons (Fsp3) is 0.667. The Balaban J connectivity index is 2.12. The van der Waals surface area contributed by atoms with Crippen LogP contribution in [-0.2, 0) is 6.54 Å². The van der Waals surface area contributed by atoms with Crippen molar-refractivity contribution in [3.8, 4) is 0 Å². The average Bonchev–Trinajstić information content (AvgIpc) is 3.12. The van der Waals surface area contributed by atoms with Crippen LogP contribution in [0, 0.1) is 5.41 Å². The van der Waals surface area contributed by atoms with Crippen LogP contribution in [0.15, 0.2) is 11.0 Å². The molecule has 1 saturated carbocycles. The lowest BCUT2D eigenvalue weighted by atomic mass is 10.0. The first kappa shape index (κ1) is 12.4. The van der Waals surface area contributed by atoms with Gasteiger partial charge in [0.05, 0.1) is 11.9 Å². The molecule has 1 fully saturated rings. The Bertz CT molecular complexity index is 465. The fourth-order valence-corrected chi connectivity index (χ4v) is 2.14. The Morgan fingerprint density at radius 3 is 2.76 bits per heavy atom. The van der Waals surface area contributed by atoms with Crippen LogP contribution in [0.2, 0.25) is 5.02 Å². The molecule has 17 heavy (non-hydrogen) atoms. The highest BCUT2D eigenvalue weighted by Crippen LogP contribution is 2.48. The number of anilines is 1. The summed E-state index contributed by atoms with van der Waals surface area (Å²) in [6, 6.07) is 0. The molecule has 0 aromatic carbocycles. The highest BCUT2D eigenvalue weighted by molar-refractivity contribution is 6.32. The van der Waals surface area contributed by atoms with Gasteiger partial charge < -0.3 is 5.32 Å². The van der Waals surface area contributed by atoms with Crippen LogP contribution in [0.4, 0.5) is 5.69 Å². The van der Waals surface area contributed by atoms with Gasteiger partial charge in [0.25, 0.3) is 5.56 Å². The van der Waals surface area contributed by atoms with Gasteiger partial charge in [-0.2, -0.15) is 5.10 Å². The lowest BCUT2D eigenvalue weighted by Gasteiger charge is -2.15. The molecule has 1 aliphatic carbocycles. The first-order valence-corrected chi connectivity index (χ1v) is 6.49. The van der Waals surface area contributed by atoms with E-state index in [1.807, 2.05) is 6.92 Å². The number of aryl methyl sites for hydroxylation is 1. The molecule has 4 nitrogen and oxygen atoms in total. The monoisotopic (exact) mass is 255 g/mol. The number of halogens is 1. The van der Waals surface area contributed by atoms with Crippen molar-refractivity contribution >= 4 is 17.3 Å². The highest BCUT2D eigenvalue weighted by atomic mass is 35.5. The molecule has 2 rings (SSSR count). The van der Waals surface area contributed by atoms with E-state index in [2.05, 4.69) is 17.3 Å². The number of nitrogens with zero attached hydrogens (tertiary/aromatic N) is 2. The molecule has 0 spiro atoms. The van der Waals surface area contributed by atoms with Crippen LogP contribution < -0.4 is 10.9 Å². The summed E-state index contributed by atoms with van der Waals surface area (Å²) < 4.78 is 1.36. The molecule has 0 atom stereocenters. The number of nitrogens with one attached hydrogen (secondary N) is 1. The fourth-order valence-electron chi connectivity index (χ4n) is 1.93. The molecule has 1 aromatic rings. The zero-order chi connectivity index (χ0) is 12.5. The Labute approximate surface area is 106 Å². The van der Waals surface area contributed by atoms with Crippen molar-refractivity contribution in [2.45, 2.75) is 39.7 Å². The van der Waals surface area contributed by atoms with Crippen LogP contribution in [-0.4, -0.2) is 16.3 Å². The first-order valence-electron chi connectivity index (χ1n) is 6.11. The number of aromatic nitrogens is 2. The number of rotatable bonds is 5. The van der Waals surface area contributed by atoms with Gasteiger partial charge in [-0.05, 0) is 31.6 Å². The van der Waals surface area contributed by atoms with Crippen molar-refractivity contribution in [1.82, 2.24) is 9.78 Å². The predicted molar refractivity (Wildman–Crippen MR) is 69.6 cm³/mol. The summed E-state index contributed by atoms with van der Waals surface area (Å²) in [5.74, 6) is 0. The van der Waals surface area contributed by atoms with E-state index in [0.29, 0.717) is 17.6 Å². The van der Waals surface area contributed by atoms with Gasteiger partial charge in [-0.15, -0.1) is 0 Å². The standard InChI is InChI=1S/C12H18ClN3O/c1-3-12(5-6-12)8-14-9-7-15-16(4-2)11(17)10(9)13/h7,14H,3-6,8H2,1-2H3. The summed E-state index contributed by atoms with van der Waals surface area (Å²) in [5, 5.41) is 7.56. The van der Waals surface area contributed by atoms with E-state index in [0.717, 1.165) is 13.0 Å².